The van der Waals surface area contributed by atoms with Gasteiger partial charge in [-0.05, 0) is 12.0 Å². The maximum atomic E-state index is 11.0. The first kappa shape index (κ1) is 15.7. The molecule has 0 saturated heterocycles. The fourth-order valence-corrected chi connectivity index (χ4v) is 2.26. The molecule has 0 aliphatic carbocycles. The van der Waals surface area contributed by atoms with Crippen molar-refractivity contribution in [2.75, 3.05) is 6.54 Å². The molecule has 1 aromatic rings. The van der Waals surface area contributed by atoms with E-state index in [4.69, 9.17) is 0 Å². The largest absolute Gasteiger partial charge is 0.341 e. The molecule has 0 N–H and O–H groups in total. The van der Waals surface area contributed by atoms with Crippen molar-refractivity contribution in [1.82, 2.24) is 4.90 Å². The van der Waals surface area contributed by atoms with Gasteiger partial charge in [0.2, 0.25) is 6.41 Å². The highest BCUT2D eigenvalue weighted by Crippen LogP contribution is 2.08. The minimum Gasteiger partial charge on any atom is -0.341 e. The fourth-order valence-electron chi connectivity index (χ4n) is 2.26. The monoisotopic (exact) mass is 261 g/mol. The zero-order chi connectivity index (χ0) is 13.8. The van der Waals surface area contributed by atoms with Crippen LogP contribution in [-0.4, -0.2) is 17.9 Å². The van der Waals surface area contributed by atoms with Crippen LogP contribution in [0.5, 0.6) is 0 Å². The summed E-state index contributed by atoms with van der Waals surface area (Å²) < 4.78 is 0. The van der Waals surface area contributed by atoms with Crippen molar-refractivity contribution in [1.29, 1.82) is 0 Å². The van der Waals surface area contributed by atoms with Gasteiger partial charge in [0.1, 0.15) is 0 Å². The number of hydrogen-bond acceptors (Lipinski definition) is 1. The zero-order valence-corrected chi connectivity index (χ0v) is 12.2. The summed E-state index contributed by atoms with van der Waals surface area (Å²) in [5.41, 5.74) is 1.21. The first-order valence-corrected chi connectivity index (χ1v) is 7.60. The van der Waals surface area contributed by atoms with E-state index in [1.807, 2.05) is 23.1 Å². The zero-order valence-electron chi connectivity index (χ0n) is 12.2. The predicted molar refractivity (Wildman–Crippen MR) is 80.9 cm³/mol. The van der Waals surface area contributed by atoms with E-state index in [1.165, 1.54) is 44.1 Å². The van der Waals surface area contributed by atoms with Crippen molar-refractivity contribution < 1.29 is 4.79 Å². The van der Waals surface area contributed by atoms with Crippen LogP contribution in [-0.2, 0) is 11.3 Å². The van der Waals surface area contributed by atoms with Gasteiger partial charge in [0, 0.05) is 13.1 Å². The smallest absolute Gasteiger partial charge is 0.210 e. The first-order valence-electron chi connectivity index (χ1n) is 7.60. The molecule has 0 saturated carbocycles. The molecule has 19 heavy (non-hydrogen) atoms. The lowest BCUT2D eigenvalue weighted by atomic mass is 10.1. The summed E-state index contributed by atoms with van der Waals surface area (Å²) in [6, 6.07) is 10.2. The van der Waals surface area contributed by atoms with Gasteiger partial charge in [0.15, 0.2) is 0 Å². The van der Waals surface area contributed by atoms with Crippen LogP contribution in [0.4, 0.5) is 0 Å². The van der Waals surface area contributed by atoms with Gasteiger partial charge in [-0.15, -0.1) is 0 Å². The van der Waals surface area contributed by atoms with Crippen molar-refractivity contribution in [2.24, 2.45) is 0 Å². The number of carbonyl (C=O) groups excluding carboxylic acids is 1. The number of hydrogen-bond donors (Lipinski definition) is 0. The molecule has 2 nitrogen and oxygen atoms in total. The number of carbonyl (C=O) groups is 1. The molecule has 0 radical (unpaired) electrons. The van der Waals surface area contributed by atoms with Crippen LogP contribution in [0.2, 0.25) is 0 Å². The Labute approximate surface area is 117 Å². The third-order valence-corrected chi connectivity index (χ3v) is 3.43. The van der Waals surface area contributed by atoms with Crippen molar-refractivity contribution >= 4 is 6.41 Å². The molecular weight excluding hydrogens is 234 g/mol. The van der Waals surface area contributed by atoms with Gasteiger partial charge in [-0.25, -0.2) is 0 Å². The summed E-state index contributed by atoms with van der Waals surface area (Å²) in [4.78, 5) is 12.9. The molecule has 1 rings (SSSR count). The highest BCUT2D eigenvalue weighted by Gasteiger charge is 2.02. The predicted octanol–water partition coefficient (Wildman–Crippen LogP) is 4.40. The molecule has 106 valence electrons. The highest BCUT2D eigenvalue weighted by atomic mass is 16.1. The van der Waals surface area contributed by atoms with Gasteiger partial charge in [-0.2, -0.15) is 0 Å². The summed E-state index contributed by atoms with van der Waals surface area (Å²) in [6.07, 6.45) is 10.00. The summed E-state index contributed by atoms with van der Waals surface area (Å²) >= 11 is 0. The third kappa shape index (κ3) is 7.66. The van der Waals surface area contributed by atoms with E-state index in [0.29, 0.717) is 0 Å². The SMILES string of the molecule is CCCCCCCCCN(C=O)Cc1ccccc1. The molecule has 1 amide bonds. The molecule has 0 spiro atoms. The Balaban J connectivity index is 2.10. The molecule has 0 unspecified atom stereocenters. The van der Waals surface area contributed by atoms with E-state index in [2.05, 4.69) is 19.1 Å². The molecule has 0 bridgehead atoms. The first-order chi connectivity index (χ1) is 9.36. The van der Waals surface area contributed by atoms with E-state index in [0.717, 1.165) is 25.9 Å². The summed E-state index contributed by atoms with van der Waals surface area (Å²) in [5, 5.41) is 0. The van der Waals surface area contributed by atoms with E-state index in [-0.39, 0.29) is 0 Å². The van der Waals surface area contributed by atoms with Crippen LogP contribution in [0.25, 0.3) is 0 Å². The second-order valence-corrected chi connectivity index (χ2v) is 5.18. The van der Waals surface area contributed by atoms with Crippen LogP contribution in [0.1, 0.15) is 57.4 Å². The van der Waals surface area contributed by atoms with Crippen LogP contribution < -0.4 is 0 Å². The van der Waals surface area contributed by atoms with E-state index < -0.39 is 0 Å². The summed E-state index contributed by atoms with van der Waals surface area (Å²) in [5.74, 6) is 0. The third-order valence-electron chi connectivity index (χ3n) is 3.43. The Morgan fingerprint density at radius 3 is 2.21 bits per heavy atom. The molecule has 0 fully saturated rings. The van der Waals surface area contributed by atoms with Crippen molar-refractivity contribution in [2.45, 2.75) is 58.4 Å². The maximum Gasteiger partial charge on any atom is 0.210 e. The van der Waals surface area contributed by atoms with Crippen molar-refractivity contribution in [3.05, 3.63) is 35.9 Å². The molecule has 0 heterocycles. The number of unbranched alkanes of at least 4 members (excludes halogenated alkanes) is 6. The number of amides is 1. The van der Waals surface area contributed by atoms with Crippen molar-refractivity contribution in [3.63, 3.8) is 0 Å². The van der Waals surface area contributed by atoms with Gasteiger partial charge in [-0.1, -0.05) is 75.8 Å². The van der Waals surface area contributed by atoms with E-state index in [9.17, 15) is 4.79 Å². The van der Waals surface area contributed by atoms with Crippen molar-refractivity contribution in [3.8, 4) is 0 Å². The Bertz CT molecular complexity index is 323. The lowest BCUT2D eigenvalue weighted by molar-refractivity contribution is -0.118. The molecule has 0 aromatic heterocycles. The molecule has 0 aliphatic rings. The van der Waals surface area contributed by atoms with Gasteiger partial charge >= 0.3 is 0 Å². The Kier molecular flexibility index (Phi) is 8.78. The summed E-state index contributed by atoms with van der Waals surface area (Å²) in [6.45, 7) is 3.86. The van der Waals surface area contributed by atoms with Gasteiger partial charge in [0.05, 0.1) is 0 Å². The average Bonchev–Trinajstić information content (AvgIpc) is 2.46. The molecule has 1 aromatic carbocycles. The lowest BCUT2D eigenvalue weighted by Crippen LogP contribution is -2.22. The molecular formula is C17H27NO. The van der Waals surface area contributed by atoms with Crippen LogP contribution in [0.3, 0.4) is 0 Å². The Morgan fingerprint density at radius 2 is 1.58 bits per heavy atom. The maximum absolute atomic E-state index is 11.0. The minimum atomic E-state index is 0.736. The Morgan fingerprint density at radius 1 is 0.947 bits per heavy atom. The van der Waals surface area contributed by atoms with Gasteiger partial charge in [-0.3, -0.25) is 4.79 Å². The second kappa shape index (κ2) is 10.6. The average molecular weight is 261 g/mol. The van der Waals surface area contributed by atoms with E-state index in [1.54, 1.807) is 0 Å². The number of rotatable bonds is 11. The molecule has 2 heteroatoms. The quantitative estimate of drug-likeness (QED) is 0.427. The summed E-state index contributed by atoms with van der Waals surface area (Å²) in [7, 11) is 0. The topological polar surface area (TPSA) is 20.3 Å². The van der Waals surface area contributed by atoms with Gasteiger partial charge in [0.25, 0.3) is 0 Å². The molecule has 0 atom stereocenters. The highest BCUT2D eigenvalue weighted by molar-refractivity contribution is 5.47. The lowest BCUT2D eigenvalue weighted by Gasteiger charge is -2.17. The number of nitrogens with zero attached hydrogens (tertiary/aromatic N) is 1. The van der Waals surface area contributed by atoms with Crippen LogP contribution in [0, 0.1) is 0 Å². The van der Waals surface area contributed by atoms with Gasteiger partial charge < -0.3 is 4.90 Å². The minimum absolute atomic E-state index is 0.736. The Hall–Kier alpha value is -1.31. The standard InChI is InChI=1S/C17H27NO/c1-2-3-4-5-6-7-11-14-18(16-19)15-17-12-9-8-10-13-17/h8-10,12-13,16H,2-7,11,14-15H2,1H3. The van der Waals surface area contributed by atoms with E-state index >= 15 is 0 Å². The van der Waals surface area contributed by atoms with Crippen LogP contribution in [0.15, 0.2) is 30.3 Å². The fraction of sp³-hybridized carbons (Fsp3) is 0.588. The molecule has 0 aliphatic heterocycles. The normalized spacial score (nSPS) is 10.4. The second-order valence-electron chi connectivity index (χ2n) is 5.18. The van der Waals surface area contributed by atoms with Crippen LogP contribution >= 0.6 is 0 Å². The number of benzene rings is 1.